The smallest absolute Gasteiger partial charge is 0.359 e. The fraction of sp³-hybridized carbons (Fsp3) is 0.200. The van der Waals surface area contributed by atoms with Gasteiger partial charge in [-0.2, -0.15) is 0 Å². The van der Waals surface area contributed by atoms with Gasteiger partial charge in [-0.3, -0.25) is 4.57 Å². The van der Waals surface area contributed by atoms with Crippen LogP contribution < -0.4 is 10.0 Å². The molecule has 1 aromatic carbocycles. The highest BCUT2D eigenvalue weighted by Gasteiger charge is 2.22. The highest BCUT2D eigenvalue weighted by Crippen LogP contribution is 2.37. The lowest BCUT2D eigenvalue weighted by atomic mass is 10.2. The Labute approximate surface area is 88.4 Å². The van der Waals surface area contributed by atoms with E-state index in [0.29, 0.717) is 0 Å². The summed E-state index contributed by atoms with van der Waals surface area (Å²) in [6.45, 7) is 1.86. The van der Waals surface area contributed by atoms with Crippen LogP contribution in [0.3, 0.4) is 0 Å². The molecule has 2 N–H and O–H groups in total. The minimum atomic E-state index is -4.26. The maximum atomic E-state index is 11.1. The minimum Gasteiger partial charge on any atom is -0.496 e. The molecule has 0 heterocycles. The van der Waals surface area contributed by atoms with Crippen LogP contribution in [0.2, 0.25) is 0 Å². The Kier molecular flexibility index (Phi) is 3.69. The maximum absolute atomic E-state index is 11.1. The predicted octanol–water partition coefficient (Wildman–Crippen LogP) is 1.53. The van der Waals surface area contributed by atoms with Gasteiger partial charge in [0.2, 0.25) is 0 Å². The first-order valence-corrected chi connectivity index (χ1v) is 5.97. The van der Waals surface area contributed by atoms with Gasteiger partial charge in [0, 0.05) is 0 Å². The molecule has 0 bridgehead atoms. The number of hydrogen-bond acceptors (Lipinski definition) is 2. The van der Waals surface area contributed by atoms with Crippen LogP contribution in [0.4, 0.5) is 0 Å². The van der Waals surface area contributed by atoms with E-state index < -0.39 is 7.60 Å². The van der Waals surface area contributed by atoms with Crippen molar-refractivity contribution in [3.8, 4) is 5.75 Å². The van der Waals surface area contributed by atoms with E-state index in [4.69, 9.17) is 14.5 Å². The quantitative estimate of drug-likeness (QED) is 0.770. The Morgan fingerprint density at radius 3 is 2.53 bits per heavy atom. The van der Waals surface area contributed by atoms with E-state index in [0.717, 1.165) is 5.56 Å². The molecule has 0 amide bonds. The molecule has 15 heavy (non-hydrogen) atoms. The topological polar surface area (TPSA) is 66.8 Å². The summed E-state index contributed by atoms with van der Waals surface area (Å²) in [5.74, 6) is 0.207. The van der Waals surface area contributed by atoms with Crippen molar-refractivity contribution < 1.29 is 19.1 Å². The fourth-order valence-electron chi connectivity index (χ4n) is 1.23. The van der Waals surface area contributed by atoms with Crippen molar-refractivity contribution in [2.75, 3.05) is 7.11 Å². The summed E-state index contributed by atoms with van der Waals surface area (Å²) in [4.78, 5) is 18.1. The van der Waals surface area contributed by atoms with E-state index in [1.54, 1.807) is 12.1 Å². The van der Waals surface area contributed by atoms with Crippen molar-refractivity contribution >= 4 is 19.0 Å². The third-order valence-electron chi connectivity index (χ3n) is 1.88. The van der Waals surface area contributed by atoms with E-state index in [-0.39, 0.29) is 11.1 Å². The summed E-state index contributed by atoms with van der Waals surface area (Å²) in [7, 11) is -2.88. The summed E-state index contributed by atoms with van der Waals surface area (Å²) in [6.07, 6.45) is 3.66. The van der Waals surface area contributed by atoms with Crippen LogP contribution in [0.5, 0.6) is 5.75 Å². The molecule has 5 heteroatoms. The second-order valence-corrected chi connectivity index (χ2v) is 4.55. The number of ether oxygens (including phenoxy) is 1. The van der Waals surface area contributed by atoms with Gasteiger partial charge in [0.15, 0.2) is 0 Å². The van der Waals surface area contributed by atoms with E-state index in [9.17, 15) is 4.57 Å². The first kappa shape index (κ1) is 12.0. The first-order chi connectivity index (χ1) is 6.99. The number of methoxy groups -OCH3 is 1. The Hall–Kier alpha value is -1.09. The molecule has 0 saturated heterocycles. The molecule has 82 valence electrons. The average molecular weight is 228 g/mol. The largest absolute Gasteiger partial charge is 0.496 e. The molecule has 0 spiro atoms. The van der Waals surface area contributed by atoms with E-state index in [1.807, 2.05) is 19.1 Å². The maximum Gasteiger partial charge on any atom is 0.359 e. The summed E-state index contributed by atoms with van der Waals surface area (Å²) in [6, 6.07) is 4.61. The summed E-state index contributed by atoms with van der Waals surface area (Å²) in [5, 5.41) is -0.0850. The molecule has 0 radical (unpaired) electrons. The fourth-order valence-corrected chi connectivity index (χ4v) is 1.94. The monoisotopic (exact) mass is 228 g/mol. The van der Waals surface area contributed by atoms with Gasteiger partial charge in [0.25, 0.3) is 0 Å². The highest BCUT2D eigenvalue weighted by molar-refractivity contribution is 7.60. The molecular weight excluding hydrogens is 215 g/mol. The van der Waals surface area contributed by atoms with E-state index in [1.165, 1.54) is 13.2 Å². The zero-order valence-corrected chi connectivity index (χ0v) is 9.44. The Morgan fingerprint density at radius 1 is 1.40 bits per heavy atom. The molecule has 0 atom stereocenters. The standard InChI is InChI=1S/C10H13O4P/c1-3-4-8-5-6-10(15(11,12)13)9(7-8)14-2/h3-7H,1-2H3,(H2,11,12,13). The number of allylic oxidation sites excluding steroid dienone is 1. The van der Waals surface area contributed by atoms with E-state index >= 15 is 0 Å². The van der Waals surface area contributed by atoms with Crippen LogP contribution in [0.15, 0.2) is 24.3 Å². The Balaban J connectivity index is 3.27. The van der Waals surface area contributed by atoms with Crippen molar-refractivity contribution in [2.45, 2.75) is 6.92 Å². The summed E-state index contributed by atoms with van der Waals surface area (Å²) < 4.78 is 16.0. The predicted molar refractivity (Wildman–Crippen MR) is 59.4 cm³/mol. The zero-order valence-electron chi connectivity index (χ0n) is 8.54. The third kappa shape index (κ3) is 2.93. The lowest BCUT2D eigenvalue weighted by Gasteiger charge is -2.10. The molecule has 0 fully saturated rings. The Bertz CT molecular complexity index is 419. The third-order valence-corrected chi connectivity index (χ3v) is 2.87. The second kappa shape index (κ2) is 4.62. The van der Waals surface area contributed by atoms with Crippen LogP contribution in [0, 0.1) is 0 Å². The van der Waals surface area contributed by atoms with Crippen LogP contribution >= 0.6 is 7.60 Å². The minimum absolute atomic E-state index is 0.0850. The van der Waals surface area contributed by atoms with Crippen molar-refractivity contribution in [1.29, 1.82) is 0 Å². The number of hydrogen-bond donors (Lipinski definition) is 2. The molecule has 0 aliphatic heterocycles. The first-order valence-electron chi connectivity index (χ1n) is 4.36. The molecule has 4 nitrogen and oxygen atoms in total. The van der Waals surface area contributed by atoms with Gasteiger partial charge in [-0.05, 0) is 24.6 Å². The van der Waals surface area contributed by atoms with Crippen LogP contribution in [-0.4, -0.2) is 16.9 Å². The molecule has 1 rings (SSSR count). The van der Waals surface area contributed by atoms with Crippen molar-refractivity contribution in [3.05, 3.63) is 29.8 Å². The van der Waals surface area contributed by atoms with Crippen LogP contribution in [0.25, 0.3) is 6.08 Å². The van der Waals surface area contributed by atoms with Gasteiger partial charge in [-0.25, -0.2) is 0 Å². The second-order valence-electron chi connectivity index (χ2n) is 2.98. The van der Waals surface area contributed by atoms with Crippen molar-refractivity contribution in [2.24, 2.45) is 0 Å². The average Bonchev–Trinajstić information content (AvgIpc) is 2.16. The zero-order chi connectivity index (χ0) is 11.5. The van der Waals surface area contributed by atoms with Gasteiger partial charge >= 0.3 is 7.60 Å². The van der Waals surface area contributed by atoms with Gasteiger partial charge in [0.1, 0.15) is 11.1 Å². The lowest BCUT2D eigenvalue weighted by Crippen LogP contribution is -2.08. The molecular formula is C10H13O4P. The normalized spacial score (nSPS) is 12.0. The Morgan fingerprint density at radius 2 is 2.07 bits per heavy atom. The number of benzene rings is 1. The van der Waals surface area contributed by atoms with Crippen LogP contribution in [-0.2, 0) is 4.57 Å². The summed E-state index contributed by atoms with van der Waals surface area (Å²) >= 11 is 0. The van der Waals surface area contributed by atoms with Crippen molar-refractivity contribution in [1.82, 2.24) is 0 Å². The SMILES string of the molecule is CC=Cc1ccc(P(=O)(O)O)c(OC)c1. The molecule has 0 saturated carbocycles. The van der Waals surface area contributed by atoms with Gasteiger partial charge in [0.05, 0.1) is 7.11 Å². The van der Waals surface area contributed by atoms with Gasteiger partial charge < -0.3 is 14.5 Å². The molecule has 0 aliphatic carbocycles. The molecule has 0 unspecified atom stereocenters. The molecule has 0 aliphatic rings. The molecule has 1 aromatic rings. The van der Waals surface area contributed by atoms with Gasteiger partial charge in [-0.1, -0.05) is 18.2 Å². The van der Waals surface area contributed by atoms with Gasteiger partial charge in [-0.15, -0.1) is 0 Å². The summed E-state index contributed by atoms with van der Waals surface area (Å²) in [5.41, 5.74) is 0.839. The highest BCUT2D eigenvalue weighted by atomic mass is 31.2. The number of rotatable bonds is 3. The lowest BCUT2D eigenvalue weighted by molar-refractivity contribution is 0.380. The van der Waals surface area contributed by atoms with E-state index in [2.05, 4.69) is 0 Å². The van der Waals surface area contributed by atoms with Crippen LogP contribution in [0.1, 0.15) is 12.5 Å². The molecule has 0 aromatic heterocycles. The van der Waals surface area contributed by atoms with Crippen molar-refractivity contribution in [3.63, 3.8) is 0 Å².